The summed E-state index contributed by atoms with van der Waals surface area (Å²) in [6.45, 7) is 2.25. The van der Waals surface area contributed by atoms with Gasteiger partial charge in [0.25, 0.3) is 0 Å². The van der Waals surface area contributed by atoms with Crippen LogP contribution in [0.2, 0.25) is 0 Å². The first-order valence-electron chi connectivity index (χ1n) is 16.3. The highest BCUT2D eigenvalue weighted by Gasteiger charge is 2.42. The molecule has 2 aliphatic carbocycles. The number of alkyl halides is 5. The minimum absolute atomic E-state index is 0.00369. The first kappa shape index (κ1) is 35.7. The number of allylic oxidation sites excluding steroid dienone is 1. The Morgan fingerprint density at radius 3 is 1.75 bits per heavy atom. The van der Waals surface area contributed by atoms with Crippen LogP contribution in [0.15, 0.2) is 60.9 Å². The molecule has 0 amide bonds. The number of halogens is 9. The summed E-state index contributed by atoms with van der Waals surface area (Å²) in [4.78, 5) is 0. The molecular formula is C37H37F9O2. The van der Waals surface area contributed by atoms with Gasteiger partial charge in [0.15, 0.2) is 17.4 Å². The predicted molar refractivity (Wildman–Crippen MR) is 164 cm³/mol. The molecule has 0 heterocycles. The third kappa shape index (κ3) is 8.69. The summed E-state index contributed by atoms with van der Waals surface area (Å²) < 4.78 is 134. The van der Waals surface area contributed by atoms with Gasteiger partial charge >= 0.3 is 12.3 Å². The molecule has 2 fully saturated rings. The molecule has 5 rings (SSSR count). The largest absolute Gasteiger partial charge is 0.459 e. The van der Waals surface area contributed by atoms with Crippen molar-refractivity contribution in [3.05, 3.63) is 95.3 Å². The molecule has 48 heavy (non-hydrogen) atoms. The van der Waals surface area contributed by atoms with Gasteiger partial charge in [0.1, 0.15) is 22.9 Å². The van der Waals surface area contributed by atoms with E-state index in [2.05, 4.69) is 16.4 Å². The first-order chi connectivity index (χ1) is 22.7. The van der Waals surface area contributed by atoms with E-state index >= 15 is 8.78 Å². The second-order valence-corrected chi connectivity index (χ2v) is 12.9. The highest BCUT2D eigenvalue weighted by Crippen LogP contribution is 2.45. The third-order valence-corrected chi connectivity index (χ3v) is 9.74. The van der Waals surface area contributed by atoms with Crippen LogP contribution >= 0.6 is 0 Å². The minimum Gasteiger partial charge on any atom is -0.459 e. The van der Waals surface area contributed by atoms with Crippen molar-refractivity contribution in [3.63, 3.8) is 0 Å². The number of hydrogen-bond acceptors (Lipinski definition) is 2. The summed E-state index contributed by atoms with van der Waals surface area (Å²) in [6.07, 6.45) is 2.38. The smallest absolute Gasteiger partial charge is 0.432 e. The second kappa shape index (κ2) is 14.9. The highest BCUT2D eigenvalue weighted by molar-refractivity contribution is 5.64. The van der Waals surface area contributed by atoms with E-state index in [1.807, 2.05) is 12.1 Å². The summed E-state index contributed by atoms with van der Waals surface area (Å²) >= 11 is 0. The van der Waals surface area contributed by atoms with E-state index in [1.54, 1.807) is 12.1 Å². The Balaban J connectivity index is 1.22. The zero-order valence-electron chi connectivity index (χ0n) is 26.4. The van der Waals surface area contributed by atoms with Gasteiger partial charge in [0.2, 0.25) is 0 Å². The highest BCUT2D eigenvalue weighted by atomic mass is 19.4. The molecule has 0 aromatic heterocycles. The van der Waals surface area contributed by atoms with Crippen molar-refractivity contribution < 1.29 is 49.0 Å². The van der Waals surface area contributed by atoms with Gasteiger partial charge in [-0.1, -0.05) is 56.9 Å². The van der Waals surface area contributed by atoms with E-state index in [9.17, 15) is 30.7 Å². The summed E-state index contributed by atoms with van der Waals surface area (Å²) in [5.74, 6) is -6.36. The van der Waals surface area contributed by atoms with E-state index in [-0.39, 0.29) is 24.0 Å². The quantitative estimate of drug-likeness (QED) is 0.156. The van der Waals surface area contributed by atoms with Crippen LogP contribution in [-0.4, -0.2) is 6.18 Å². The van der Waals surface area contributed by atoms with Gasteiger partial charge < -0.3 is 9.47 Å². The fourth-order valence-electron chi connectivity index (χ4n) is 7.33. The molecule has 260 valence electrons. The van der Waals surface area contributed by atoms with E-state index in [0.717, 1.165) is 48.3 Å². The summed E-state index contributed by atoms with van der Waals surface area (Å²) in [5, 5.41) is 0. The molecule has 0 unspecified atom stereocenters. The van der Waals surface area contributed by atoms with Gasteiger partial charge in [0.05, 0.1) is 12.3 Å². The fourth-order valence-corrected chi connectivity index (χ4v) is 7.33. The van der Waals surface area contributed by atoms with Crippen molar-refractivity contribution in [2.75, 3.05) is 0 Å². The molecule has 11 heteroatoms. The summed E-state index contributed by atoms with van der Waals surface area (Å²) in [7, 11) is 0. The average Bonchev–Trinajstić information content (AvgIpc) is 3.02. The van der Waals surface area contributed by atoms with Crippen molar-refractivity contribution in [2.45, 2.75) is 89.3 Å². The Kier molecular flexibility index (Phi) is 11.0. The van der Waals surface area contributed by atoms with E-state index < -0.39 is 58.7 Å². The molecule has 3 aromatic carbocycles. The predicted octanol–water partition coefficient (Wildman–Crippen LogP) is 12.4. The van der Waals surface area contributed by atoms with Crippen LogP contribution in [-0.2, 0) is 6.11 Å². The lowest BCUT2D eigenvalue weighted by atomic mass is 9.68. The Bertz CT molecular complexity index is 1520. The van der Waals surface area contributed by atoms with Crippen LogP contribution in [0.4, 0.5) is 39.5 Å². The molecule has 0 spiro atoms. The van der Waals surface area contributed by atoms with E-state index in [1.165, 1.54) is 51.4 Å². The first-order valence-corrected chi connectivity index (χ1v) is 16.3. The maximum atomic E-state index is 15.0. The molecule has 2 nitrogen and oxygen atoms in total. The van der Waals surface area contributed by atoms with Crippen LogP contribution in [0, 0.1) is 41.0 Å². The molecule has 0 aliphatic heterocycles. The van der Waals surface area contributed by atoms with Crippen LogP contribution in [0.5, 0.6) is 11.5 Å². The van der Waals surface area contributed by atoms with Gasteiger partial charge in [-0.15, -0.1) is 0 Å². The molecule has 3 aromatic rings. The molecule has 2 aliphatic rings. The fraction of sp³-hybridized carbons (Fsp3) is 0.459. The monoisotopic (exact) mass is 684 g/mol. The third-order valence-electron chi connectivity index (χ3n) is 9.74. The van der Waals surface area contributed by atoms with Gasteiger partial charge in [-0.3, -0.25) is 0 Å². The molecule has 0 saturated heterocycles. The van der Waals surface area contributed by atoms with Gasteiger partial charge in [-0.25, -0.2) is 17.6 Å². The van der Waals surface area contributed by atoms with Crippen molar-refractivity contribution in [2.24, 2.45) is 17.8 Å². The maximum Gasteiger partial charge on any atom is 0.432 e. The standard InChI is InChI=1S/C37H37F9O2/c1-2-3-22-4-6-23(7-5-22)24-8-10-25(11-9-24)26-12-14-27(15-13-26)28-18-30(38)34(31(39)19-28)37(45,46)48-29-20-32(40)35(33(41)21-29)47-17-16-36(42,43)44/h12-25H,2-11H2,1H3/b17-16+. The number of hydrogen-bond donors (Lipinski definition) is 0. The lowest BCUT2D eigenvalue weighted by Crippen LogP contribution is -2.25. The van der Waals surface area contributed by atoms with E-state index in [0.29, 0.717) is 11.5 Å². The maximum absolute atomic E-state index is 15.0. The van der Waals surface area contributed by atoms with Crippen molar-refractivity contribution in [3.8, 4) is 22.6 Å². The Morgan fingerprint density at radius 1 is 0.688 bits per heavy atom. The molecular weight excluding hydrogens is 647 g/mol. The summed E-state index contributed by atoms with van der Waals surface area (Å²) in [5.41, 5.74) is -0.255. The average molecular weight is 685 g/mol. The van der Waals surface area contributed by atoms with Crippen LogP contribution in [0.1, 0.15) is 88.2 Å². The zero-order valence-corrected chi connectivity index (χ0v) is 26.4. The Labute approximate surface area is 273 Å². The van der Waals surface area contributed by atoms with Crippen molar-refractivity contribution in [1.29, 1.82) is 0 Å². The van der Waals surface area contributed by atoms with Gasteiger partial charge in [-0.2, -0.15) is 22.0 Å². The van der Waals surface area contributed by atoms with Crippen LogP contribution in [0.3, 0.4) is 0 Å². The molecule has 0 radical (unpaired) electrons. The van der Waals surface area contributed by atoms with Gasteiger partial charge in [-0.05, 0) is 91.0 Å². The normalized spacial score (nSPS) is 22.2. The second-order valence-electron chi connectivity index (χ2n) is 12.9. The number of benzene rings is 3. The Hall–Kier alpha value is -3.63. The summed E-state index contributed by atoms with van der Waals surface area (Å²) in [6, 6.07) is 8.98. The molecule has 2 saturated carbocycles. The Morgan fingerprint density at radius 2 is 1.23 bits per heavy atom. The zero-order chi connectivity index (χ0) is 34.6. The topological polar surface area (TPSA) is 18.5 Å². The SMILES string of the molecule is CCCC1CCC(C2CCC(c3ccc(-c4cc(F)c(C(F)(F)Oc5cc(F)c(O/C=C/C(F)(F)F)c(F)c5)c(F)c4)cc3)CC2)CC1. The number of rotatable bonds is 10. The van der Waals surface area contributed by atoms with Gasteiger partial charge in [0, 0.05) is 12.1 Å². The van der Waals surface area contributed by atoms with Crippen molar-refractivity contribution >= 4 is 0 Å². The molecule has 0 N–H and O–H groups in total. The lowest BCUT2D eigenvalue weighted by Gasteiger charge is -2.38. The van der Waals surface area contributed by atoms with Crippen LogP contribution < -0.4 is 9.47 Å². The van der Waals surface area contributed by atoms with Crippen molar-refractivity contribution in [1.82, 2.24) is 0 Å². The molecule has 0 bridgehead atoms. The molecule has 0 atom stereocenters. The van der Waals surface area contributed by atoms with E-state index in [4.69, 9.17) is 0 Å². The number of ether oxygens (including phenoxy) is 2. The lowest BCUT2D eigenvalue weighted by molar-refractivity contribution is -0.189. The minimum atomic E-state index is -4.84. The van der Waals surface area contributed by atoms with Crippen LogP contribution in [0.25, 0.3) is 11.1 Å².